The van der Waals surface area contributed by atoms with Crippen molar-refractivity contribution < 1.29 is 18.8 Å². The molecule has 0 spiro atoms. The number of carbonyl (C=O) groups excluding carboxylic acids is 2. The van der Waals surface area contributed by atoms with Gasteiger partial charge in [-0.3, -0.25) is 9.59 Å². The number of hydrogen-bond donors (Lipinski definition) is 0. The molecule has 4 nitrogen and oxygen atoms in total. The predicted octanol–water partition coefficient (Wildman–Crippen LogP) is 3.48. The van der Waals surface area contributed by atoms with E-state index < -0.39 is 13.7 Å². The van der Waals surface area contributed by atoms with Gasteiger partial charge in [0.1, 0.15) is 5.41 Å². The summed E-state index contributed by atoms with van der Waals surface area (Å²) in [5.41, 5.74) is -0.806. The van der Waals surface area contributed by atoms with Crippen LogP contribution in [-0.4, -0.2) is 33.3 Å². The topological polar surface area (TPSA) is 52.6 Å². The lowest BCUT2D eigenvalue weighted by atomic mass is 9.79. The van der Waals surface area contributed by atoms with E-state index in [2.05, 4.69) is 33.9 Å². The second kappa shape index (κ2) is 6.44. The molecule has 5 heteroatoms. The van der Waals surface area contributed by atoms with Crippen LogP contribution in [0.3, 0.4) is 0 Å². The molecule has 21 heavy (non-hydrogen) atoms. The second-order valence-corrected chi connectivity index (χ2v) is 12.0. The van der Waals surface area contributed by atoms with E-state index >= 15 is 0 Å². The maximum absolute atomic E-state index is 12.3. The van der Waals surface area contributed by atoms with Gasteiger partial charge in [0.05, 0.1) is 13.2 Å². The minimum absolute atomic E-state index is 0.0576. The van der Waals surface area contributed by atoms with E-state index in [-0.39, 0.29) is 16.8 Å². The molecule has 0 aromatic rings. The van der Waals surface area contributed by atoms with Crippen molar-refractivity contribution >= 4 is 20.1 Å². The first-order valence-corrected chi connectivity index (χ1v) is 10.5. The molecule has 0 radical (unpaired) electrons. The summed E-state index contributed by atoms with van der Waals surface area (Å²) in [6.45, 7) is 13.2. The number of allylic oxidation sites excluding steroid dienone is 1. The number of rotatable bonds is 5. The monoisotopic (exact) mass is 312 g/mol. The zero-order valence-corrected chi connectivity index (χ0v) is 15.1. The van der Waals surface area contributed by atoms with Gasteiger partial charge in [-0.15, -0.1) is 0 Å². The van der Waals surface area contributed by atoms with E-state index in [9.17, 15) is 9.59 Å². The predicted molar refractivity (Wildman–Crippen MR) is 85.6 cm³/mol. The average molecular weight is 312 g/mol. The van der Waals surface area contributed by atoms with Crippen LogP contribution < -0.4 is 0 Å². The molecule has 0 fully saturated rings. The van der Waals surface area contributed by atoms with Gasteiger partial charge in [-0.25, -0.2) is 0 Å². The number of carbonyl (C=O) groups is 2. The molecule has 0 bridgehead atoms. The van der Waals surface area contributed by atoms with Crippen LogP contribution in [-0.2, 0) is 18.8 Å². The number of ketones is 1. The van der Waals surface area contributed by atoms with Crippen molar-refractivity contribution in [3.63, 3.8) is 0 Å². The third-order valence-corrected chi connectivity index (χ3v) is 9.06. The third kappa shape index (κ3) is 4.26. The molecule has 0 aliphatic heterocycles. The highest BCUT2D eigenvalue weighted by Crippen LogP contribution is 2.39. The third-order valence-electron chi connectivity index (χ3n) is 4.58. The lowest BCUT2D eigenvalue weighted by molar-refractivity contribution is -0.155. The Morgan fingerprint density at radius 2 is 2.00 bits per heavy atom. The molecule has 0 amide bonds. The Hall–Kier alpha value is -0.943. The lowest BCUT2D eigenvalue weighted by Gasteiger charge is -2.40. The van der Waals surface area contributed by atoms with E-state index in [1.807, 2.05) is 0 Å². The Balaban J connectivity index is 2.93. The van der Waals surface area contributed by atoms with Crippen molar-refractivity contribution in [2.75, 3.05) is 13.2 Å². The Kier molecular flexibility index (Phi) is 5.55. The van der Waals surface area contributed by atoms with Gasteiger partial charge in [-0.1, -0.05) is 26.8 Å². The van der Waals surface area contributed by atoms with Crippen LogP contribution in [0.2, 0.25) is 18.1 Å². The van der Waals surface area contributed by atoms with Crippen LogP contribution in [0.25, 0.3) is 0 Å². The highest BCUT2D eigenvalue weighted by molar-refractivity contribution is 6.74. The van der Waals surface area contributed by atoms with Gasteiger partial charge >= 0.3 is 5.97 Å². The molecule has 0 N–H and O–H groups in total. The molecule has 0 heterocycles. The fourth-order valence-electron chi connectivity index (χ4n) is 1.92. The van der Waals surface area contributed by atoms with Crippen molar-refractivity contribution in [3.05, 3.63) is 12.2 Å². The molecule has 1 unspecified atom stereocenters. The van der Waals surface area contributed by atoms with Crippen LogP contribution in [0.4, 0.5) is 0 Å². The first-order valence-electron chi connectivity index (χ1n) is 7.57. The quantitative estimate of drug-likeness (QED) is 0.576. The van der Waals surface area contributed by atoms with Crippen LogP contribution >= 0.6 is 0 Å². The molecule has 0 aromatic carbocycles. The van der Waals surface area contributed by atoms with E-state index in [1.165, 1.54) is 6.08 Å². The first kappa shape index (κ1) is 18.1. The van der Waals surface area contributed by atoms with Crippen LogP contribution in [0.15, 0.2) is 12.2 Å². The smallest absolute Gasteiger partial charge is 0.318 e. The van der Waals surface area contributed by atoms with Gasteiger partial charge in [0.2, 0.25) is 0 Å². The minimum atomic E-state index is -1.95. The van der Waals surface area contributed by atoms with Crippen molar-refractivity contribution in [1.82, 2.24) is 0 Å². The Labute approximate surface area is 129 Å². The van der Waals surface area contributed by atoms with Gasteiger partial charge < -0.3 is 9.16 Å². The van der Waals surface area contributed by atoms with E-state index in [0.29, 0.717) is 26.1 Å². The average Bonchev–Trinajstić information content (AvgIpc) is 2.37. The minimum Gasteiger partial charge on any atom is -0.465 e. The molecule has 0 saturated carbocycles. The van der Waals surface area contributed by atoms with Crippen LogP contribution in [0.1, 0.15) is 40.5 Å². The molecule has 1 aliphatic rings. The Morgan fingerprint density at radius 3 is 2.43 bits per heavy atom. The maximum atomic E-state index is 12.3. The van der Waals surface area contributed by atoms with Gasteiger partial charge in [0.15, 0.2) is 14.1 Å². The summed E-state index contributed by atoms with van der Waals surface area (Å²) in [5, 5.41) is 0.0804. The molecule has 0 saturated heterocycles. The van der Waals surface area contributed by atoms with Gasteiger partial charge in [0.25, 0.3) is 0 Å². The van der Waals surface area contributed by atoms with Gasteiger partial charge in [0, 0.05) is 6.42 Å². The normalized spacial score (nSPS) is 23.2. The number of hydrogen-bond acceptors (Lipinski definition) is 4. The summed E-state index contributed by atoms with van der Waals surface area (Å²) in [4.78, 5) is 23.8. The highest BCUT2D eigenvalue weighted by atomic mass is 28.4. The largest absolute Gasteiger partial charge is 0.465 e. The summed E-state index contributed by atoms with van der Waals surface area (Å²) < 4.78 is 11.4. The maximum Gasteiger partial charge on any atom is 0.318 e. The van der Waals surface area contributed by atoms with Crippen LogP contribution in [0.5, 0.6) is 0 Å². The van der Waals surface area contributed by atoms with E-state index in [0.717, 1.165) is 0 Å². The summed E-state index contributed by atoms with van der Waals surface area (Å²) >= 11 is 0. The molecule has 1 rings (SSSR count). The van der Waals surface area contributed by atoms with E-state index in [1.54, 1.807) is 13.0 Å². The standard InChI is InChI=1S/C16H28O4Si/c1-7-19-14(18)16(10-8-13(17)9-11-16)12-20-21(5,6)15(2,3)4/h8,10H,7,9,11-12H2,1-6H3. The van der Waals surface area contributed by atoms with Crippen molar-refractivity contribution in [1.29, 1.82) is 0 Å². The van der Waals surface area contributed by atoms with Crippen LogP contribution in [0, 0.1) is 5.41 Å². The summed E-state index contributed by atoms with van der Waals surface area (Å²) in [6, 6.07) is 0. The molecule has 1 atom stereocenters. The fourth-order valence-corrected chi connectivity index (χ4v) is 2.97. The van der Waals surface area contributed by atoms with E-state index in [4.69, 9.17) is 9.16 Å². The SMILES string of the molecule is CCOC(=O)C1(CO[Si](C)(C)C(C)(C)C)C=CC(=O)CC1. The number of esters is 1. The summed E-state index contributed by atoms with van der Waals surface area (Å²) in [6.07, 6.45) is 4.02. The molecular formula is C16H28O4Si. The highest BCUT2D eigenvalue weighted by Gasteiger charge is 2.44. The summed E-state index contributed by atoms with van der Waals surface area (Å²) in [5.74, 6) is -0.227. The van der Waals surface area contributed by atoms with Crippen molar-refractivity contribution in [3.8, 4) is 0 Å². The number of ether oxygens (including phenoxy) is 1. The molecule has 120 valence electrons. The van der Waals surface area contributed by atoms with Crippen molar-refractivity contribution in [2.24, 2.45) is 5.41 Å². The zero-order chi connectivity index (χ0) is 16.3. The molecule has 1 aliphatic carbocycles. The molecule has 0 aromatic heterocycles. The van der Waals surface area contributed by atoms with Gasteiger partial charge in [-0.2, -0.15) is 0 Å². The first-order chi connectivity index (χ1) is 9.54. The molecular weight excluding hydrogens is 284 g/mol. The Bertz CT molecular complexity index is 434. The Morgan fingerprint density at radius 1 is 1.38 bits per heavy atom. The lowest BCUT2D eigenvalue weighted by Crippen LogP contribution is -2.46. The summed E-state index contributed by atoms with van der Waals surface area (Å²) in [7, 11) is -1.95. The van der Waals surface area contributed by atoms with Gasteiger partial charge in [-0.05, 0) is 37.6 Å². The second-order valence-electron chi connectivity index (χ2n) is 7.23. The fraction of sp³-hybridized carbons (Fsp3) is 0.750. The zero-order valence-electron chi connectivity index (χ0n) is 14.1. The van der Waals surface area contributed by atoms with Crippen molar-refractivity contribution in [2.45, 2.75) is 58.7 Å².